The number of benzene rings is 1. The highest BCUT2D eigenvalue weighted by molar-refractivity contribution is 5.92. The minimum atomic E-state index is 0.149. The molecule has 0 saturated carbocycles. The van der Waals surface area contributed by atoms with Crippen LogP contribution < -0.4 is 10.6 Å². The molecule has 3 aromatic rings. The zero-order valence-corrected chi connectivity index (χ0v) is 16.5. The van der Waals surface area contributed by atoms with Crippen molar-refractivity contribution in [1.29, 1.82) is 0 Å². The number of hydrogen-bond donors (Lipinski definition) is 2. The van der Waals surface area contributed by atoms with Gasteiger partial charge in [-0.25, -0.2) is 9.50 Å². The Morgan fingerprint density at radius 3 is 2.75 bits per heavy atom. The summed E-state index contributed by atoms with van der Waals surface area (Å²) in [5.41, 5.74) is 5.03. The van der Waals surface area contributed by atoms with Crippen molar-refractivity contribution in [2.24, 2.45) is 0 Å². The van der Waals surface area contributed by atoms with Crippen molar-refractivity contribution in [3.8, 4) is 0 Å². The third-order valence-electron chi connectivity index (χ3n) is 6.46. The van der Waals surface area contributed by atoms with Crippen LogP contribution in [-0.2, 0) is 11.2 Å². The topological polar surface area (TPSA) is 71.3 Å². The Morgan fingerprint density at radius 1 is 1.21 bits per heavy atom. The summed E-state index contributed by atoms with van der Waals surface area (Å²) in [4.78, 5) is 17.4. The monoisotopic (exact) mass is 377 g/mol. The molecule has 2 aliphatic heterocycles. The van der Waals surface area contributed by atoms with Crippen molar-refractivity contribution in [2.45, 2.75) is 70.5 Å². The zero-order valence-electron chi connectivity index (χ0n) is 16.5. The molecule has 2 bridgehead atoms. The van der Waals surface area contributed by atoms with Crippen LogP contribution in [0.3, 0.4) is 0 Å². The highest BCUT2D eigenvalue weighted by atomic mass is 16.1. The predicted octanol–water partition coefficient (Wildman–Crippen LogP) is 2.83. The molecule has 0 radical (unpaired) electrons. The number of nitrogens with one attached hydrogen (secondary N) is 2. The number of hydrogen-bond acceptors (Lipinski definition) is 4. The van der Waals surface area contributed by atoms with Gasteiger partial charge >= 0.3 is 0 Å². The Balaban J connectivity index is 1.32. The molecule has 28 heavy (non-hydrogen) atoms. The summed E-state index contributed by atoms with van der Waals surface area (Å²) in [5.74, 6) is 0.149. The van der Waals surface area contributed by atoms with E-state index in [1.165, 1.54) is 12.8 Å². The molecule has 0 spiro atoms. The van der Waals surface area contributed by atoms with Crippen molar-refractivity contribution >= 4 is 22.5 Å². The van der Waals surface area contributed by atoms with E-state index in [2.05, 4.69) is 23.6 Å². The van der Waals surface area contributed by atoms with E-state index in [1.54, 1.807) is 0 Å². The minimum Gasteiger partial charge on any atom is -0.353 e. The highest BCUT2D eigenvalue weighted by Gasteiger charge is 2.33. The average molecular weight is 377 g/mol. The van der Waals surface area contributed by atoms with Gasteiger partial charge in [-0.3, -0.25) is 4.79 Å². The van der Waals surface area contributed by atoms with Gasteiger partial charge in [0.1, 0.15) is 0 Å². The Labute approximate surface area is 164 Å². The fraction of sp³-hybridized carbons (Fsp3) is 0.500. The molecular formula is C22H27N5O. The zero-order chi connectivity index (χ0) is 19.3. The van der Waals surface area contributed by atoms with Crippen LogP contribution in [0.2, 0.25) is 0 Å². The van der Waals surface area contributed by atoms with Crippen LogP contribution in [0.25, 0.3) is 16.6 Å². The van der Waals surface area contributed by atoms with Crippen LogP contribution in [0.4, 0.5) is 0 Å². The first-order chi connectivity index (χ1) is 13.6. The van der Waals surface area contributed by atoms with Gasteiger partial charge in [-0.2, -0.15) is 5.10 Å². The Morgan fingerprint density at radius 2 is 1.96 bits per heavy atom. The number of fused-ring (bicyclic) bond motifs is 5. The molecule has 6 heteroatoms. The summed E-state index contributed by atoms with van der Waals surface area (Å²) in [5, 5.41) is 12.7. The molecule has 4 heterocycles. The molecule has 2 unspecified atom stereocenters. The lowest BCUT2D eigenvalue weighted by Gasteiger charge is -2.29. The van der Waals surface area contributed by atoms with Gasteiger partial charge in [0.15, 0.2) is 5.65 Å². The fourth-order valence-electron chi connectivity index (χ4n) is 5.05. The lowest BCUT2D eigenvalue weighted by atomic mass is 9.99. The molecule has 2 fully saturated rings. The van der Waals surface area contributed by atoms with Crippen LogP contribution in [-0.4, -0.2) is 38.6 Å². The van der Waals surface area contributed by atoms with E-state index in [4.69, 9.17) is 10.1 Å². The standard InChI is InChI=1S/C22H27N5O/c1-13-18(9-10-21(28)25-17-11-15-7-8-16(12-17)24-15)14(2)27-22(23-13)19-5-3-4-6-20(19)26-27/h3-6,15-17,24H,7-12H2,1-2H3,(H,25,28). The lowest BCUT2D eigenvalue weighted by molar-refractivity contribution is -0.122. The highest BCUT2D eigenvalue weighted by Crippen LogP contribution is 2.27. The summed E-state index contributed by atoms with van der Waals surface area (Å²) in [7, 11) is 0. The number of carbonyl (C=O) groups is 1. The van der Waals surface area contributed by atoms with E-state index >= 15 is 0 Å². The molecule has 6 nitrogen and oxygen atoms in total. The summed E-state index contributed by atoms with van der Waals surface area (Å²) in [6, 6.07) is 9.59. The number of amides is 1. The fourth-order valence-corrected chi connectivity index (χ4v) is 5.05. The maximum atomic E-state index is 12.6. The van der Waals surface area contributed by atoms with Gasteiger partial charge in [0.2, 0.25) is 5.91 Å². The molecule has 5 rings (SSSR count). The first-order valence-corrected chi connectivity index (χ1v) is 10.4. The molecule has 2 N–H and O–H groups in total. The van der Waals surface area contributed by atoms with Gasteiger partial charge in [-0.15, -0.1) is 0 Å². The van der Waals surface area contributed by atoms with Gasteiger partial charge in [0.05, 0.1) is 5.52 Å². The number of rotatable bonds is 4. The second-order valence-corrected chi connectivity index (χ2v) is 8.39. The first-order valence-electron chi connectivity index (χ1n) is 10.4. The van der Waals surface area contributed by atoms with Crippen LogP contribution >= 0.6 is 0 Å². The van der Waals surface area contributed by atoms with Gasteiger partial charge in [-0.05, 0) is 63.6 Å². The van der Waals surface area contributed by atoms with Crippen LogP contribution in [0, 0.1) is 13.8 Å². The molecule has 1 aromatic carbocycles. The normalized spacial score (nSPS) is 24.1. The Kier molecular flexibility index (Phi) is 4.31. The maximum Gasteiger partial charge on any atom is 0.220 e. The predicted molar refractivity (Wildman–Crippen MR) is 109 cm³/mol. The van der Waals surface area contributed by atoms with Crippen LogP contribution in [0.5, 0.6) is 0 Å². The molecular weight excluding hydrogens is 350 g/mol. The second-order valence-electron chi connectivity index (χ2n) is 8.39. The Bertz CT molecular complexity index is 1040. The molecule has 2 saturated heterocycles. The van der Waals surface area contributed by atoms with Crippen LogP contribution in [0.1, 0.15) is 49.1 Å². The van der Waals surface area contributed by atoms with Gasteiger partial charge in [0.25, 0.3) is 0 Å². The summed E-state index contributed by atoms with van der Waals surface area (Å²) >= 11 is 0. The molecule has 2 aliphatic rings. The van der Waals surface area contributed by atoms with Crippen molar-refractivity contribution in [3.05, 3.63) is 41.2 Å². The third kappa shape index (κ3) is 3.05. The summed E-state index contributed by atoms with van der Waals surface area (Å²) in [6.45, 7) is 4.11. The average Bonchev–Trinajstić information content (AvgIpc) is 3.21. The summed E-state index contributed by atoms with van der Waals surface area (Å²) < 4.78 is 1.93. The third-order valence-corrected chi connectivity index (χ3v) is 6.46. The number of piperidine rings is 1. The molecule has 2 atom stereocenters. The van der Waals surface area contributed by atoms with Crippen molar-refractivity contribution in [1.82, 2.24) is 25.2 Å². The van der Waals surface area contributed by atoms with E-state index in [0.29, 0.717) is 31.0 Å². The maximum absolute atomic E-state index is 12.6. The number of carbonyl (C=O) groups excluding carboxylic acids is 1. The SMILES string of the molecule is Cc1nc2c3ccccc3nn2c(C)c1CCC(=O)NC1CC2CCC(C1)N2. The van der Waals surface area contributed by atoms with Crippen LogP contribution in [0.15, 0.2) is 24.3 Å². The van der Waals surface area contributed by atoms with E-state index in [1.807, 2.05) is 29.6 Å². The van der Waals surface area contributed by atoms with E-state index in [9.17, 15) is 4.79 Å². The Hall–Kier alpha value is -2.47. The number of aromatic nitrogens is 3. The smallest absolute Gasteiger partial charge is 0.220 e. The largest absolute Gasteiger partial charge is 0.353 e. The van der Waals surface area contributed by atoms with E-state index in [0.717, 1.165) is 46.3 Å². The molecule has 0 aliphatic carbocycles. The molecule has 2 aromatic heterocycles. The van der Waals surface area contributed by atoms with Crippen molar-refractivity contribution in [2.75, 3.05) is 0 Å². The number of nitrogens with zero attached hydrogens (tertiary/aromatic N) is 3. The van der Waals surface area contributed by atoms with Gasteiger partial charge in [-0.1, -0.05) is 12.1 Å². The summed E-state index contributed by atoms with van der Waals surface area (Å²) in [6.07, 6.45) is 5.81. The quantitative estimate of drug-likeness (QED) is 0.733. The van der Waals surface area contributed by atoms with E-state index in [-0.39, 0.29) is 5.91 Å². The van der Waals surface area contributed by atoms with Gasteiger partial charge < -0.3 is 10.6 Å². The lowest BCUT2D eigenvalue weighted by Crippen LogP contribution is -2.48. The van der Waals surface area contributed by atoms with Crippen molar-refractivity contribution < 1.29 is 4.79 Å². The van der Waals surface area contributed by atoms with Crippen molar-refractivity contribution in [3.63, 3.8) is 0 Å². The molecule has 146 valence electrons. The minimum absolute atomic E-state index is 0.149. The molecule has 1 amide bonds. The van der Waals surface area contributed by atoms with E-state index < -0.39 is 0 Å². The van der Waals surface area contributed by atoms with Gasteiger partial charge in [0, 0.05) is 41.3 Å². The second kappa shape index (κ2) is 6.85. The number of aryl methyl sites for hydroxylation is 2. The first kappa shape index (κ1) is 17.6.